The van der Waals surface area contributed by atoms with Gasteiger partial charge >= 0.3 is 0 Å². The van der Waals surface area contributed by atoms with Crippen LogP contribution in [0.25, 0.3) is 0 Å². The lowest BCUT2D eigenvalue weighted by Gasteiger charge is -2.42. The standard InChI is InChI=1S/C26H29FN4O4S/c1-3-22-24(36-29-28-22)25(33)31-13-14-35-26(17-31,18-34-21-11-9-20(27)10-12-21)15-23(32)30(2)16-19-7-5-4-6-8-19/h4-12H,3,13-18H2,1-2H3/t26-/m0/s1. The summed E-state index contributed by atoms with van der Waals surface area (Å²) >= 11 is 1.07. The minimum atomic E-state index is -1.07. The van der Waals surface area contributed by atoms with Crippen LogP contribution < -0.4 is 4.74 Å². The second kappa shape index (κ2) is 11.6. The summed E-state index contributed by atoms with van der Waals surface area (Å²) in [6.07, 6.45) is 0.617. The van der Waals surface area contributed by atoms with E-state index in [2.05, 4.69) is 9.59 Å². The molecule has 190 valence electrons. The van der Waals surface area contributed by atoms with Crippen LogP contribution in [0.1, 0.15) is 34.3 Å². The summed E-state index contributed by atoms with van der Waals surface area (Å²) in [6, 6.07) is 15.4. The van der Waals surface area contributed by atoms with Crippen LogP contribution in [0.2, 0.25) is 0 Å². The summed E-state index contributed by atoms with van der Waals surface area (Å²) in [5.74, 6) is -0.232. The Hall–Kier alpha value is -3.37. The van der Waals surface area contributed by atoms with Crippen molar-refractivity contribution < 1.29 is 23.5 Å². The Balaban J connectivity index is 1.53. The van der Waals surface area contributed by atoms with Crippen molar-refractivity contribution in [3.63, 3.8) is 0 Å². The van der Waals surface area contributed by atoms with Gasteiger partial charge in [0.2, 0.25) is 5.91 Å². The van der Waals surface area contributed by atoms with Crippen LogP contribution >= 0.6 is 11.5 Å². The molecule has 10 heteroatoms. The number of benzene rings is 2. The monoisotopic (exact) mass is 512 g/mol. The van der Waals surface area contributed by atoms with Gasteiger partial charge in [-0.2, -0.15) is 0 Å². The first kappa shape index (κ1) is 25.7. The number of hydrogen-bond donors (Lipinski definition) is 0. The molecule has 36 heavy (non-hydrogen) atoms. The van der Waals surface area contributed by atoms with Crippen LogP contribution in [0.4, 0.5) is 4.39 Å². The fourth-order valence-electron chi connectivity index (χ4n) is 4.11. The average molecular weight is 513 g/mol. The van der Waals surface area contributed by atoms with E-state index in [9.17, 15) is 14.0 Å². The van der Waals surface area contributed by atoms with E-state index in [0.29, 0.717) is 35.8 Å². The Morgan fingerprint density at radius 1 is 1.19 bits per heavy atom. The highest BCUT2D eigenvalue weighted by molar-refractivity contribution is 7.08. The molecule has 0 N–H and O–H groups in total. The number of morpholine rings is 1. The summed E-state index contributed by atoms with van der Waals surface area (Å²) in [5.41, 5.74) is 0.592. The van der Waals surface area contributed by atoms with Crippen molar-refractivity contribution in [3.8, 4) is 5.75 Å². The number of carbonyl (C=O) groups is 2. The number of amides is 2. The van der Waals surface area contributed by atoms with Gasteiger partial charge < -0.3 is 19.3 Å². The minimum absolute atomic E-state index is 0.0167. The summed E-state index contributed by atoms with van der Waals surface area (Å²) in [6.45, 7) is 3.19. The normalized spacial score (nSPS) is 17.6. The van der Waals surface area contributed by atoms with Gasteiger partial charge in [-0.25, -0.2) is 4.39 Å². The molecule has 1 saturated heterocycles. The lowest BCUT2D eigenvalue weighted by molar-refractivity contribution is -0.152. The molecule has 0 unspecified atom stereocenters. The van der Waals surface area contributed by atoms with Crippen LogP contribution in [0, 0.1) is 5.82 Å². The molecule has 0 radical (unpaired) electrons. The smallest absolute Gasteiger partial charge is 0.267 e. The van der Waals surface area contributed by atoms with Gasteiger partial charge in [0.25, 0.3) is 5.91 Å². The summed E-state index contributed by atoms with van der Waals surface area (Å²) in [5, 5.41) is 4.06. The van der Waals surface area contributed by atoms with Crippen LogP contribution in [-0.4, -0.2) is 70.2 Å². The number of ether oxygens (including phenoxy) is 2. The van der Waals surface area contributed by atoms with Gasteiger partial charge in [0, 0.05) is 20.1 Å². The van der Waals surface area contributed by atoms with E-state index in [-0.39, 0.29) is 43.8 Å². The SMILES string of the molecule is CCc1nnsc1C(=O)N1CCO[C@@](COc2ccc(F)cc2)(CC(=O)N(C)Cc2ccccc2)C1. The highest BCUT2D eigenvalue weighted by Crippen LogP contribution is 2.27. The van der Waals surface area contributed by atoms with Crippen LogP contribution in [-0.2, 0) is 22.5 Å². The van der Waals surface area contributed by atoms with Crippen molar-refractivity contribution in [3.05, 3.63) is 76.5 Å². The van der Waals surface area contributed by atoms with Gasteiger partial charge in [-0.05, 0) is 47.8 Å². The zero-order valence-corrected chi connectivity index (χ0v) is 21.2. The Morgan fingerprint density at radius 2 is 1.94 bits per heavy atom. The van der Waals surface area contributed by atoms with E-state index in [4.69, 9.17) is 9.47 Å². The molecule has 1 atom stereocenters. The molecule has 2 aromatic carbocycles. The van der Waals surface area contributed by atoms with Crippen molar-refractivity contribution >= 4 is 23.3 Å². The van der Waals surface area contributed by atoms with E-state index < -0.39 is 5.60 Å². The van der Waals surface area contributed by atoms with Crippen molar-refractivity contribution in [2.75, 3.05) is 33.4 Å². The molecule has 1 fully saturated rings. The molecule has 0 spiro atoms. The van der Waals surface area contributed by atoms with E-state index in [1.807, 2.05) is 37.3 Å². The second-order valence-electron chi connectivity index (χ2n) is 8.82. The first-order chi connectivity index (χ1) is 17.4. The zero-order chi connectivity index (χ0) is 25.5. The van der Waals surface area contributed by atoms with E-state index in [1.54, 1.807) is 16.8 Å². The lowest BCUT2D eigenvalue weighted by Crippen LogP contribution is -2.58. The van der Waals surface area contributed by atoms with Gasteiger partial charge in [-0.3, -0.25) is 9.59 Å². The summed E-state index contributed by atoms with van der Waals surface area (Å²) in [4.78, 5) is 30.4. The van der Waals surface area contributed by atoms with Crippen molar-refractivity contribution in [1.82, 2.24) is 19.4 Å². The van der Waals surface area contributed by atoms with Crippen molar-refractivity contribution in [2.24, 2.45) is 0 Å². The molecule has 1 aliphatic heterocycles. The highest BCUT2D eigenvalue weighted by Gasteiger charge is 2.42. The van der Waals surface area contributed by atoms with Crippen molar-refractivity contribution in [1.29, 1.82) is 0 Å². The molecule has 8 nitrogen and oxygen atoms in total. The number of hydrogen-bond acceptors (Lipinski definition) is 7. The van der Waals surface area contributed by atoms with Crippen LogP contribution in [0.3, 0.4) is 0 Å². The Labute approximate surface area is 213 Å². The molecular formula is C26H29FN4O4S. The fraction of sp³-hybridized carbons (Fsp3) is 0.385. The average Bonchev–Trinajstić information content (AvgIpc) is 3.38. The largest absolute Gasteiger partial charge is 0.490 e. The second-order valence-corrected chi connectivity index (χ2v) is 9.57. The topological polar surface area (TPSA) is 84.9 Å². The maximum atomic E-state index is 13.3. The molecule has 2 amide bonds. The summed E-state index contributed by atoms with van der Waals surface area (Å²) in [7, 11) is 1.74. The maximum Gasteiger partial charge on any atom is 0.267 e. The lowest BCUT2D eigenvalue weighted by atomic mass is 9.96. The number of nitrogens with zero attached hydrogens (tertiary/aromatic N) is 4. The molecule has 3 aromatic rings. The van der Waals surface area contributed by atoms with Gasteiger partial charge in [0.15, 0.2) is 0 Å². The van der Waals surface area contributed by atoms with E-state index in [0.717, 1.165) is 17.1 Å². The Morgan fingerprint density at radius 3 is 2.67 bits per heavy atom. The van der Waals surface area contributed by atoms with Gasteiger partial charge in [0.1, 0.15) is 28.7 Å². The minimum Gasteiger partial charge on any atom is -0.490 e. The Bertz CT molecular complexity index is 1170. The summed E-state index contributed by atoms with van der Waals surface area (Å²) < 4.78 is 29.4. The number of rotatable bonds is 9. The molecule has 4 rings (SSSR count). The first-order valence-corrected chi connectivity index (χ1v) is 12.6. The molecule has 1 aliphatic rings. The molecule has 0 aliphatic carbocycles. The molecule has 0 bridgehead atoms. The first-order valence-electron chi connectivity index (χ1n) is 11.8. The van der Waals surface area contributed by atoms with Gasteiger partial charge in [0.05, 0.1) is 25.3 Å². The third-order valence-electron chi connectivity index (χ3n) is 6.10. The third kappa shape index (κ3) is 6.24. The molecule has 2 heterocycles. The quantitative estimate of drug-likeness (QED) is 0.436. The van der Waals surface area contributed by atoms with Gasteiger partial charge in [-0.1, -0.05) is 41.7 Å². The van der Waals surface area contributed by atoms with Crippen molar-refractivity contribution in [2.45, 2.75) is 31.9 Å². The Kier molecular flexibility index (Phi) is 8.27. The van der Waals surface area contributed by atoms with Crippen LogP contribution in [0.15, 0.2) is 54.6 Å². The highest BCUT2D eigenvalue weighted by atomic mass is 32.1. The number of carbonyl (C=O) groups excluding carboxylic acids is 2. The molecule has 1 aromatic heterocycles. The number of aryl methyl sites for hydroxylation is 1. The van der Waals surface area contributed by atoms with Gasteiger partial charge in [-0.15, -0.1) is 5.10 Å². The van der Waals surface area contributed by atoms with E-state index >= 15 is 0 Å². The number of aromatic nitrogens is 2. The number of halogens is 1. The molecular weight excluding hydrogens is 483 g/mol. The van der Waals surface area contributed by atoms with E-state index in [1.165, 1.54) is 24.3 Å². The molecule has 0 saturated carbocycles. The zero-order valence-electron chi connectivity index (χ0n) is 20.4. The maximum absolute atomic E-state index is 13.3. The van der Waals surface area contributed by atoms with Crippen LogP contribution in [0.5, 0.6) is 5.75 Å². The third-order valence-corrected chi connectivity index (χ3v) is 6.85. The predicted molar refractivity (Wildman–Crippen MR) is 133 cm³/mol. The fourth-order valence-corrected chi connectivity index (χ4v) is 4.83. The predicted octanol–water partition coefficient (Wildman–Crippen LogP) is 3.58.